The molecule has 0 N–H and O–H groups in total. The van der Waals surface area contributed by atoms with Crippen molar-refractivity contribution >= 4 is 59.3 Å². The first-order valence-electron chi connectivity index (χ1n) is 17.7. The normalized spacial score (nSPS) is 13.1. The van der Waals surface area contributed by atoms with Gasteiger partial charge in [-0.25, -0.2) is 0 Å². The van der Waals surface area contributed by atoms with Crippen LogP contribution in [0.15, 0.2) is 176 Å². The number of fused-ring (bicyclic) bond motifs is 8. The van der Waals surface area contributed by atoms with Crippen molar-refractivity contribution in [1.82, 2.24) is 0 Å². The van der Waals surface area contributed by atoms with Crippen LogP contribution in [0, 0.1) is 0 Å². The van der Waals surface area contributed by atoms with E-state index in [-0.39, 0.29) is 5.41 Å². The van der Waals surface area contributed by atoms with Crippen molar-refractivity contribution in [1.29, 1.82) is 0 Å². The van der Waals surface area contributed by atoms with Crippen molar-refractivity contribution in [2.24, 2.45) is 0 Å². The molecule has 51 heavy (non-hydrogen) atoms. The van der Waals surface area contributed by atoms with E-state index in [1.165, 1.54) is 75.5 Å². The Morgan fingerprint density at radius 1 is 0.431 bits per heavy atom. The van der Waals surface area contributed by atoms with Crippen molar-refractivity contribution in [3.05, 3.63) is 187 Å². The third-order valence-electron chi connectivity index (χ3n) is 10.8. The second-order valence-corrected chi connectivity index (χ2v) is 15.2. The van der Waals surface area contributed by atoms with Gasteiger partial charge in [0.2, 0.25) is 0 Å². The molecule has 0 radical (unpaired) electrons. The minimum atomic E-state index is -0.0908. The van der Waals surface area contributed by atoms with Crippen LogP contribution in [0.5, 0.6) is 0 Å². The first-order chi connectivity index (χ1) is 25.0. The summed E-state index contributed by atoms with van der Waals surface area (Å²) in [7, 11) is 0. The highest BCUT2D eigenvalue weighted by Crippen LogP contribution is 2.55. The van der Waals surface area contributed by atoms with Crippen LogP contribution in [-0.2, 0) is 5.41 Å². The zero-order valence-corrected chi connectivity index (χ0v) is 29.4. The summed E-state index contributed by atoms with van der Waals surface area (Å²) >= 11 is 1.86. The molecule has 1 aliphatic rings. The average Bonchev–Trinajstić information content (AvgIpc) is 3.67. The molecule has 0 saturated carbocycles. The van der Waals surface area contributed by atoms with Gasteiger partial charge in [-0.1, -0.05) is 135 Å². The zero-order valence-electron chi connectivity index (χ0n) is 28.6. The number of hydrogen-bond donors (Lipinski definition) is 0. The van der Waals surface area contributed by atoms with Gasteiger partial charge in [-0.05, 0) is 110 Å². The summed E-state index contributed by atoms with van der Waals surface area (Å²) in [5, 5.41) is 5.23. The molecule has 0 amide bonds. The molecule has 0 spiro atoms. The number of rotatable bonds is 5. The van der Waals surface area contributed by atoms with Crippen molar-refractivity contribution in [3.8, 4) is 33.4 Å². The van der Waals surface area contributed by atoms with Gasteiger partial charge < -0.3 is 4.90 Å². The molecular formula is C49H35NS. The van der Waals surface area contributed by atoms with Crippen molar-refractivity contribution in [2.45, 2.75) is 19.3 Å². The third kappa shape index (κ3) is 4.75. The predicted molar refractivity (Wildman–Crippen MR) is 220 cm³/mol. The fraction of sp³-hybridized carbons (Fsp3) is 0.0612. The second-order valence-electron chi connectivity index (χ2n) is 14.1. The van der Waals surface area contributed by atoms with Gasteiger partial charge in [-0.3, -0.25) is 0 Å². The van der Waals surface area contributed by atoms with Gasteiger partial charge in [-0.15, -0.1) is 11.3 Å². The van der Waals surface area contributed by atoms with E-state index in [1.54, 1.807) is 0 Å². The molecule has 8 aromatic carbocycles. The molecule has 0 atom stereocenters. The smallest absolute Gasteiger partial charge is 0.0468 e. The van der Waals surface area contributed by atoms with Crippen LogP contribution in [0.4, 0.5) is 17.1 Å². The van der Waals surface area contributed by atoms with Gasteiger partial charge >= 0.3 is 0 Å². The van der Waals surface area contributed by atoms with Gasteiger partial charge in [0.1, 0.15) is 0 Å². The van der Waals surface area contributed by atoms with Crippen LogP contribution in [0.3, 0.4) is 0 Å². The third-order valence-corrected chi connectivity index (χ3v) is 12.0. The van der Waals surface area contributed by atoms with Gasteiger partial charge in [0.05, 0.1) is 0 Å². The summed E-state index contributed by atoms with van der Waals surface area (Å²) < 4.78 is 2.63. The number of hydrogen-bond acceptors (Lipinski definition) is 2. The summed E-state index contributed by atoms with van der Waals surface area (Å²) in [5.74, 6) is 0. The Balaban J connectivity index is 1.15. The second kappa shape index (κ2) is 11.6. The van der Waals surface area contributed by atoms with Gasteiger partial charge in [0, 0.05) is 42.6 Å². The monoisotopic (exact) mass is 669 g/mol. The van der Waals surface area contributed by atoms with E-state index < -0.39 is 0 Å². The molecule has 2 heteroatoms. The Bertz CT molecular complexity index is 2770. The summed E-state index contributed by atoms with van der Waals surface area (Å²) in [5.41, 5.74) is 13.8. The molecule has 10 rings (SSSR count). The van der Waals surface area contributed by atoms with Crippen LogP contribution < -0.4 is 4.90 Å². The lowest BCUT2D eigenvalue weighted by atomic mass is 9.79. The maximum atomic E-state index is 2.41. The van der Waals surface area contributed by atoms with E-state index in [0.29, 0.717) is 0 Å². The van der Waals surface area contributed by atoms with Gasteiger partial charge in [-0.2, -0.15) is 0 Å². The van der Waals surface area contributed by atoms with E-state index in [9.17, 15) is 0 Å². The Labute approximate surface area is 302 Å². The molecule has 0 bridgehead atoms. The van der Waals surface area contributed by atoms with E-state index >= 15 is 0 Å². The molecule has 0 fully saturated rings. The molecule has 242 valence electrons. The Morgan fingerprint density at radius 3 is 1.96 bits per heavy atom. The lowest BCUT2D eigenvalue weighted by Gasteiger charge is -2.27. The minimum absolute atomic E-state index is 0.0908. The fourth-order valence-corrected chi connectivity index (χ4v) is 9.52. The summed E-state index contributed by atoms with van der Waals surface area (Å²) in [6.07, 6.45) is 0. The predicted octanol–water partition coefficient (Wildman–Crippen LogP) is 14.3. The van der Waals surface area contributed by atoms with E-state index in [0.717, 1.165) is 17.1 Å². The van der Waals surface area contributed by atoms with Crippen LogP contribution in [0.25, 0.3) is 64.3 Å². The molecular weight excluding hydrogens is 635 g/mol. The molecule has 0 saturated heterocycles. The zero-order chi connectivity index (χ0) is 34.1. The van der Waals surface area contributed by atoms with Crippen molar-refractivity contribution < 1.29 is 0 Å². The van der Waals surface area contributed by atoms with E-state index in [1.807, 2.05) is 11.3 Å². The fourth-order valence-electron chi connectivity index (χ4n) is 8.43. The molecule has 0 aliphatic heterocycles. The number of benzene rings is 8. The minimum Gasteiger partial charge on any atom is -0.310 e. The first-order valence-corrected chi connectivity index (χ1v) is 18.5. The topological polar surface area (TPSA) is 3.24 Å². The quantitative estimate of drug-likeness (QED) is 0.176. The largest absolute Gasteiger partial charge is 0.310 e. The summed E-state index contributed by atoms with van der Waals surface area (Å²) in [4.78, 5) is 2.41. The van der Waals surface area contributed by atoms with Crippen molar-refractivity contribution in [3.63, 3.8) is 0 Å². The van der Waals surface area contributed by atoms with Crippen LogP contribution in [-0.4, -0.2) is 0 Å². The maximum Gasteiger partial charge on any atom is 0.0468 e. The highest BCUT2D eigenvalue weighted by Gasteiger charge is 2.38. The van der Waals surface area contributed by atoms with Gasteiger partial charge in [0.15, 0.2) is 0 Å². The number of nitrogens with zero attached hydrogens (tertiary/aromatic N) is 1. The average molecular weight is 670 g/mol. The summed E-state index contributed by atoms with van der Waals surface area (Å²) in [6, 6.07) is 64.8. The van der Waals surface area contributed by atoms with E-state index in [2.05, 4.69) is 195 Å². The summed E-state index contributed by atoms with van der Waals surface area (Å²) in [6.45, 7) is 4.76. The lowest BCUT2D eigenvalue weighted by Crippen LogP contribution is -2.15. The number of thiophene rings is 1. The first kappa shape index (κ1) is 29.9. The number of anilines is 3. The van der Waals surface area contributed by atoms with Crippen LogP contribution >= 0.6 is 11.3 Å². The highest BCUT2D eigenvalue weighted by atomic mass is 32.1. The Morgan fingerprint density at radius 2 is 1.10 bits per heavy atom. The van der Waals surface area contributed by atoms with Gasteiger partial charge in [0.25, 0.3) is 0 Å². The highest BCUT2D eigenvalue weighted by molar-refractivity contribution is 7.25. The Hall–Kier alpha value is -5.96. The SMILES string of the molecule is CC1(C)c2ccccc2-c2c(-c3ccc(N(c4cccc(-c5ccccc5)c4)c4ccc5sc6ccccc6c5c4)cc3)cc3ccccc3c21. The Kier molecular flexibility index (Phi) is 6.78. The maximum absolute atomic E-state index is 2.41. The van der Waals surface area contributed by atoms with Crippen LogP contribution in [0.1, 0.15) is 25.0 Å². The van der Waals surface area contributed by atoms with E-state index in [4.69, 9.17) is 0 Å². The molecule has 1 nitrogen and oxygen atoms in total. The molecule has 1 aromatic heterocycles. The lowest BCUT2D eigenvalue weighted by molar-refractivity contribution is 0.666. The molecule has 1 heterocycles. The van der Waals surface area contributed by atoms with Crippen LogP contribution in [0.2, 0.25) is 0 Å². The van der Waals surface area contributed by atoms with Crippen molar-refractivity contribution in [2.75, 3.05) is 4.90 Å². The molecule has 9 aromatic rings. The standard InChI is InChI=1S/C49H35NS/c1-49(2)44-21-10-8-20-41(44)47-42(30-35-15-6-7-18-39(35)48(47)49)33-23-25-36(26-24-33)50(37-17-12-16-34(29-37)32-13-4-3-5-14-32)38-27-28-46-43(31-38)40-19-9-11-22-45(40)51-46/h3-31H,1-2H3. The molecule has 1 aliphatic carbocycles. The molecule has 0 unspecified atom stereocenters.